The first-order chi connectivity index (χ1) is 18.8. The van der Waals surface area contributed by atoms with Crippen LogP contribution in [-0.4, -0.2) is 44.3 Å². The summed E-state index contributed by atoms with van der Waals surface area (Å²) in [5.74, 6) is -0.674. The lowest BCUT2D eigenvalue weighted by Crippen LogP contribution is -2.51. The fourth-order valence-corrected chi connectivity index (χ4v) is 5.68. The number of carbonyl (C=O) groups is 2. The van der Waals surface area contributed by atoms with Gasteiger partial charge in [0.25, 0.3) is 10.0 Å². The predicted octanol–water partition coefficient (Wildman–Crippen LogP) is 6.00. The number of halogens is 2. The Morgan fingerprint density at radius 2 is 1.43 bits per heavy atom. The average Bonchev–Trinajstić information content (AvgIpc) is 2.91. The molecule has 1 atom stereocenters. The van der Waals surface area contributed by atoms with Gasteiger partial charge in [-0.1, -0.05) is 78.5 Å². The van der Waals surface area contributed by atoms with Gasteiger partial charge in [-0.05, 0) is 68.7 Å². The van der Waals surface area contributed by atoms with Gasteiger partial charge in [0.1, 0.15) is 12.6 Å². The van der Waals surface area contributed by atoms with Gasteiger partial charge in [0.2, 0.25) is 11.8 Å². The minimum atomic E-state index is -4.12. The average molecular weight is 605 g/mol. The smallest absolute Gasteiger partial charge is 0.264 e. The minimum absolute atomic E-state index is 0.0261. The van der Waals surface area contributed by atoms with Crippen molar-refractivity contribution in [3.63, 3.8) is 0 Å². The van der Waals surface area contributed by atoms with Crippen LogP contribution in [-0.2, 0) is 26.2 Å². The molecule has 0 aliphatic carbocycles. The van der Waals surface area contributed by atoms with Crippen molar-refractivity contribution in [2.24, 2.45) is 5.92 Å². The van der Waals surface area contributed by atoms with Gasteiger partial charge in [0.15, 0.2) is 0 Å². The second kappa shape index (κ2) is 13.5. The van der Waals surface area contributed by atoms with Crippen LogP contribution in [0.5, 0.6) is 0 Å². The van der Waals surface area contributed by atoms with Gasteiger partial charge in [-0.3, -0.25) is 13.9 Å². The van der Waals surface area contributed by atoms with E-state index in [2.05, 4.69) is 5.32 Å². The Hall–Kier alpha value is -3.07. The van der Waals surface area contributed by atoms with Crippen LogP contribution in [0.15, 0.2) is 71.6 Å². The highest BCUT2D eigenvalue weighted by Crippen LogP contribution is 2.27. The Kier molecular flexibility index (Phi) is 10.6. The first-order valence-electron chi connectivity index (χ1n) is 13.0. The number of nitrogens with one attached hydrogen (secondary N) is 1. The zero-order valence-electron chi connectivity index (χ0n) is 23.3. The second-order valence-electron chi connectivity index (χ2n) is 10.2. The van der Waals surface area contributed by atoms with Crippen molar-refractivity contribution in [1.82, 2.24) is 10.2 Å². The highest BCUT2D eigenvalue weighted by atomic mass is 35.5. The molecule has 40 heavy (non-hydrogen) atoms. The molecule has 0 unspecified atom stereocenters. The molecule has 0 aliphatic rings. The molecule has 0 fully saturated rings. The van der Waals surface area contributed by atoms with E-state index in [1.54, 1.807) is 61.5 Å². The summed E-state index contributed by atoms with van der Waals surface area (Å²) in [5.41, 5.74) is 2.84. The summed E-state index contributed by atoms with van der Waals surface area (Å²) in [7, 11) is -4.12. The Bertz CT molecular complexity index is 1440. The number of anilines is 1. The molecule has 3 aromatic carbocycles. The zero-order valence-corrected chi connectivity index (χ0v) is 25.6. The van der Waals surface area contributed by atoms with Crippen LogP contribution in [0.2, 0.25) is 10.0 Å². The normalized spacial score (nSPS) is 12.2. The summed E-state index contributed by atoms with van der Waals surface area (Å²) in [4.78, 5) is 28.4. The van der Waals surface area contributed by atoms with Crippen LogP contribution in [0.4, 0.5) is 5.69 Å². The maximum absolute atomic E-state index is 13.9. The van der Waals surface area contributed by atoms with E-state index in [9.17, 15) is 18.0 Å². The third-order valence-corrected chi connectivity index (χ3v) is 8.93. The number of benzene rings is 3. The molecule has 3 aromatic rings. The van der Waals surface area contributed by atoms with E-state index in [0.29, 0.717) is 27.8 Å². The lowest BCUT2D eigenvalue weighted by Gasteiger charge is -2.32. The summed E-state index contributed by atoms with van der Waals surface area (Å²) in [5, 5.41) is 3.54. The largest absolute Gasteiger partial charge is 0.354 e. The lowest BCUT2D eigenvalue weighted by molar-refractivity contribution is -0.139. The van der Waals surface area contributed by atoms with E-state index >= 15 is 0 Å². The van der Waals surface area contributed by atoms with E-state index in [1.165, 1.54) is 17.0 Å². The third-order valence-electron chi connectivity index (χ3n) is 6.40. The lowest BCUT2D eigenvalue weighted by atomic mass is 10.1. The first kappa shape index (κ1) is 31.5. The molecule has 0 spiro atoms. The van der Waals surface area contributed by atoms with Crippen molar-refractivity contribution in [3.05, 3.63) is 93.5 Å². The van der Waals surface area contributed by atoms with E-state index in [4.69, 9.17) is 23.2 Å². The standard InChI is InChI=1S/C30H35Cl2N3O4S/c1-20(2)17-33-30(37)23(5)34(18-24-10-15-27(31)28(32)16-24)29(36)19-35(25-11-6-21(3)7-12-25)40(38,39)26-13-8-22(4)9-14-26/h6-16,20,23H,17-19H2,1-5H3,(H,33,37)/t23-/m1/s1. The van der Waals surface area contributed by atoms with Crippen molar-refractivity contribution in [2.45, 2.75) is 52.1 Å². The molecule has 1 N–H and O–H groups in total. The van der Waals surface area contributed by atoms with Gasteiger partial charge in [0.05, 0.1) is 20.6 Å². The van der Waals surface area contributed by atoms with Crippen LogP contribution in [0.1, 0.15) is 37.5 Å². The molecule has 214 valence electrons. The molecular weight excluding hydrogens is 569 g/mol. The Labute approximate surface area is 247 Å². The molecule has 0 saturated carbocycles. The van der Waals surface area contributed by atoms with E-state index in [-0.39, 0.29) is 23.3 Å². The molecule has 0 heterocycles. The summed E-state index contributed by atoms with van der Waals surface area (Å²) in [6.45, 7) is 9.28. The number of hydrogen-bond donors (Lipinski definition) is 1. The fourth-order valence-electron chi connectivity index (χ4n) is 3.95. The number of hydrogen-bond acceptors (Lipinski definition) is 4. The van der Waals surface area contributed by atoms with E-state index in [0.717, 1.165) is 15.4 Å². The molecule has 0 aromatic heterocycles. The molecule has 0 radical (unpaired) electrons. The highest BCUT2D eigenvalue weighted by molar-refractivity contribution is 7.92. The van der Waals surface area contributed by atoms with Crippen molar-refractivity contribution in [3.8, 4) is 0 Å². The second-order valence-corrected chi connectivity index (χ2v) is 12.9. The number of carbonyl (C=O) groups excluding carboxylic acids is 2. The van der Waals surface area contributed by atoms with Crippen LogP contribution in [0.25, 0.3) is 0 Å². The number of nitrogens with zero attached hydrogens (tertiary/aromatic N) is 2. The number of sulfonamides is 1. The zero-order chi connectivity index (χ0) is 29.6. The van der Waals surface area contributed by atoms with E-state index < -0.39 is 28.5 Å². The Morgan fingerprint density at radius 3 is 1.98 bits per heavy atom. The predicted molar refractivity (Wildman–Crippen MR) is 161 cm³/mol. The summed E-state index contributed by atoms with van der Waals surface area (Å²) in [6.07, 6.45) is 0. The molecule has 0 bridgehead atoms. The fraction of sp³-hybridized carbons (Fsp3) is 0.333. The molecule has 0 saturated heterocycles. The number of aryl methyl sites for hydroxylation is 2. The van der Waals surface area contributed by atoms with Crippen molar-refractivity contribution < 1.29 is 18.0 Å². The topological polar surface area (TPSA) is 86.8 Å². The molecule has 7 nitrogen and oxygen atoms in total. The van der Waals surface area contributed by atoms with Crippen LogP contribution < -0.4 is 9.62 Å². The Morgan fingerprint density at radius 1 is 0.850 bits per heavy atom. The first-order valence-corrected chi connectivity index (χ1v) is 15.2. The SMILES string of the molecule is Cc1ccc(N(CC(=O)N(Cc2ccc(Cl)c(Cl)c2)[C@H](C)C(=O)NCC(C)C)S(=O)(=O)c2ccc(C)cc2)cc1. The van der Waals surface area contributed by atoms with E-state index in [1.807, 2.05) is 27.7 Å². The maximum atomic E-state index is 13.9. The molecule has 0 aliphatic heterocycles. The van der Waals surface area contributed by atoms with Crippen LogP contribution >= 0.6 is 23.2 Å². The molecule has 3 rings (SSSR count). The van der Waals surface area contributed by atoms with Gasteiger partial charge in [-0.25, -0.2) is 8.42 Å². The van der Waals surface area contributed by atoms with Gasteiger partial charge in [-0.2, -0.15) is 0 Å². The van der Waals surface area contributed by atoms with Crippen molar-refractivity contribution in [1.29, 1.82) is 0 Å². The summed E-state index contributed by atoms with van der Waals surface area (Å²) < 4.78 is 28.8. The van der Waals surface area contributed by atoms with Gasteiger partial charge < -0.3 is 10.2 Å². The molecule has 10 heteroatoms. The van der Waals surface area contributed by atoms with Crippen LogP contribution in [0.3, 0.4) is 0 Å². The van der Waals surface area contributed by atoms with Gasteiger partial charge in [0, 0.05) is 13.1 Å². The number of amides is 2. The summed E-state index contributed by atoms with van der Waals surface area (Å²) in [6, 6.07) is 17.4. The maximum Gasteiger partial charge on any atom is 0.264 e. The number of rotatable bonds is 11. The molecule has 2 amide bonds. The minimum Gasteiger partial charge on any atom is -0.354 e. The van der Waals surface area contributed by atoms with Crippen molar-refractivity contribution in [2.75, 3.05) is 17.4 Å². The Balaban J connectivity index is 2.02. The van der Waals surface area contributed by atoms with Gasteiger partial charge >= 0.3 is 0 Å². The van der Waals surface area contributed by atoms with Crippen molar-refractivity contribution >= 4 is 50.7 Å². The highest BCUT2D eigenvalue weighted by Gasteiger charge is 2.32. The summed E-state index contributed by atoms with van der Waals surface area (Å²) >= 11 is 12.3. The quantitative estimate of drug-likeness (QED) is 0.291. The third kappa shape index (κ3) is 7.99. The molecular formula is C30H35Cl2N3O4S. The van der Waals surface area contributed by atoms with Crippen LogP contribution in [0, 0.1) is 19.8 Å². The monoisotopic (exact) mass is 603 g/mol. The van der Waals surface area contributed by atoms with Gasteiger partial charge in [-0.15, -0.1) is 0 Å².